The van der Waals surface area contributed by atoms with Gasteiger partial charge in [0.1, 0.15) is 0 Å². The lowest BCUT2D eigenvalue weighted by atomic mass is 9.82. The second kappa shape index (κ2) is 14.0. The third-order valence-electron chi connectivity index (χ3n) is 9.92. The van der Waals surface area contributed by atoms with Gasteiger partial charge in [0, 0.05) is 0 Å². The number of fused-ring (bicyclic) bond motifs is 2. The molecule has 9 aromatic rings. The zero-order chi connectivity index (χ0) is 35.7. The zero-order valence-corrected chi connectivity index (χ0v) is 31.1. The molecule has 252 valence electrons. The van der Waals surface area contributed by atoms with Crippen LogP contribution in [0.25, 0.3) is 87.2 Å². The van der Waals surface area contributed by atoms with Gasteiger partial charge in [-0.25, -0.2) is 0 Å². The lowest BCUT2D eigenvalue weighted by molar-refractivity contribution is 0.591. The number of benzene rings is 9. The van der Waals surface area contributed by atoms with E-state index < -0.39 is 0 Å². The largest absolute Gasteiger partial charge is 0.0683 e. The normalized spacial score (nSPS) is 11.5. The minimum Gasteiger partial charge on any atom is -0.0683 e. The fourth-order valence-corrected chi connectivity index (χ4v) is 7.32. The Balaban J connectivity index is 0.000000774. The average Bonchev–Trinajstić information content (AvgIpc) is 3.17. The quantitative estimate of drug-likeness (QED) is 0.165. The van der Waals surface area contributed by atoms with Crippen molar-refractivity contribution >= 4 is 53.9 Å². The van der Waals surface area contributed by atoms with Crippen LogP contribution < -0.4 is 0 Å². The van der Waals surface area contributed by atoms with E-state index in [0.717, 1.165) is 0 Å². The zero-order valence-electron chi connectivity index (χ0n) is 31.1. The van der Waals surface area contributed by atoms with Crippen LogP contribution in [0, 0.1) is 0 Å². The highest BCUT2D eigenvalue weighted by atomic mass is 14.2. The Morgan fingerprint density at radius 1 is 0.373 bits per heavy atom. The molecule has 0 unspecified atom stereocenters. The van der Waals surface area contributed by atoms with Crippen LogP contribution in [0.3, 0.4) is 0 Å². The molecule has 0 aliphatic rings. The van der Waals surface area contributed by atoms with E-state index in [-0.39, 0.29) is 5.41 Å². The summed E-state index contributed by atoms with van der Waals surface area (Å²) >= 11 is 0. The van der Waals surface area contributed by atoms with E-state index in [9.17, 15) is 0 Å². The Kier molecular flexibility index (Phi) is 9.37. The minimum atomic E-state index is 0.114. The third-order valence-corrected chi connectivity index (χ3v) is 9.92. The first-order chi connectivity index (χ1) is 24.8. The highest BCUT2D eigenvalue weighted by Gasteiger charge is 2.18. The standard InChI is InChI=1S/C46H34.C3H8.C2H6/c1-46(2,3)41-27-39-19-13-32-20-22-42(43-23-21-40(28-41)44(39)45(32)43)31-11-8-30(9-12-31)34-15-16-37-26-38(18-17-36(37)25-34)35-14-10-29-6-4-5-7-33(29)24-35;1-3-2;1-2/h4-28H,1-3H3;3H2,1-2H3;1-2H3. The van der Waals surface area contributed by atoms with E-state index in [2.05, 4.69) is 186 Å². The van der Waals surface area contributed by atoms with Gasteiger partial charge in [-0.15, -0.1) is 0 Å². The Morgan fingerprint density at radius 3 is 1.37 bits per heavy atom. The fourth-order valence-electron chi connectivity index (χ4n) is 7.32. The van der Waals surface area contributed by atoms with Crippen LogP contribution >= 0.6 is 0 Å². The molecule has 0 aliphatic heterocycles. The van der Waals surface area contributed by atoms with Crippen molar-refractivity contribution in [2.24, 2.45) is 0 Å². The second-order valence-corrected chi connectivity index (χ2v) is 14.6. The lowest BCUT2D eigenvalue weighted by Crippen LogP contribution is -2.10. The summed E-state index contributed by atoms with van der Waals surface area (Å²) in [4.78, 5) is 0. The van der Waals surface area contributed by atoms with Crippen molar-refractivity contribution in [3.63, 3.8) is 0 Å². The van der Waals surface area contributed by atoms with Gasteiger partial charge in [0.25, 0.3) is 0 Å². The maximum absolute atomic E-state index is 2.39. The van der Waals surface area contributed by atoms with Gasteiger partial charge in [0.05, 0.1) is 0 Å². The van der Waals surface area contributed by atoms with Crippen molar-refractivity contribution < 1.29 is 0 Å². The van der Waals surface area contributed by atoms with E-state index >= 15 is 0 Å². The van der Waals surface area contributed by atoms with Crippen molar-refractivity contribution in [1.82, 2.24) is 0 Å². The first kappa shape index (κ1) is 34.0. The van der Waals surface area contributed by atoms with Crippen LogP contribution in [-0.4, -0.2) is 0 Å². The summed E-state index contributed by atoms with van der Waals surface area (Å²) in [5.41, 5.74) is 9.00. The topological polar surface area (TPSA) is 0 Å². The van der Waals surface area contributed by atoms with Gasteiger partial charge >= 0.3 is 0 Å². The van der Waals surface area contributed by atoms with Gasteiger partial charge in [0.2, 0.25) is 0 Å². The first-order valence-electron chi connectivity index (χ1n) is 18.7. The molecule has 0 spiro atoms. The van der Waals surface area contributed by atoms with E-state index in [4.69, 9.17) is 0 Å². The molecule has 0 radical (unpaired) electrons. The fraction of sp³-hybridized carbons (Fsp3) is 0.176. The highest BCUT2D eigenvalue weighted by molar-refractivity contribution is 6.25. The summed E-state index contributed by atoms with van der Waals surface area (Å²) in [7, 11) is 0. The Labute approximate surface area is 303 Å². The van der Waals surface area contributed by atoms with Gasteiger partial charge in [-0.2, -0.15) is 0 Å². The van der Waals surface area contributed by atoms with Crippen LogP contribution in [-0.2, 0) is 5.41 Å². The third kappa shape index (κ3) is 6.48. The number of hydrogen-bond acceptors (Lipinski definition) is 0. The van der Waals surface area contributed by atoms with Crippen LogP contribution in [0.2, 0.25) is 0 Å². The number of rotatable bonds is 3. The molecule has 9 rings (SSSR count). The maximum Gasteiger partial charge on any atom is -0.00206 e. The first-order valence-corrected chi connectivity index (χ1v) is 18.7. The Morgan fingerprint density at radius 2 is 0.784 bits per heavy atom. The summed E-state index contributed by atoms with van der Waals surface area (Å²) < 4.78 is 0. The molecular formula is C51H48. The molecular weight excluding hydrogens is 613 g/mol. The predicted octanol–water partition coefficient (Wildman–Crippen LogP) is 15.6. The van der Waals surface area contributed by atoms with Crippen LogP contribution in [0.15, 0.2) is 152 Å². The summed E-state index contributed by atoms with van der Waals surface area (Å²) in [6.45, 7) is 15.1. The van der Waals surface area contributed by atoms with Gasteiger partial charge in [-0.05, 0) is 116 Å². The van der Waals surface area contributed by atoms with Crippen LogP contribution in [0.1, 0.15) is 60.5 Å². The summed E-state index contributed by atoms with van der Waals surface area (Å²) in [6.07, 6.45) is 1.25. The summed E-state index contributed by atoms with van der Waals surface area (Å²) in [5.74, 6) is 0. The molecule has 0 aliphatic carbocycles. The molecule has 0 N–H and O–H groups in total. The predicted molar refractivity (Wildman–Crippen MR) is 227 cm³/mol. The van der Waals surface area contributed by atoms with Crippen molar-refractivity contribution in [2.75, 3.05) is 0 Å². The van der Waals surface area contributed by atoms with E-state index in [1.807, 2.05) is 13.8 Å². The van der Waals surface area contributed by atoms with Gasteiger partial charge in [0.15, 0.2) is 0 Å². The van der Waals surface area contributed by atoms with Crippen molar-refractivity contribution in [2.45, 2.75) is 60.3 Å². The van der Waals surface area contributed by atoms with Gasteiger partial charge in [-0.3, -0.25) is 0 Å². The smallest absolute Gasteiger partial charge is 0.00206 e. The SMILES string of the molecule is CC.CC(C)(C)c1cc2ccc3ccc(-c4ccc(-c5ccc6cc(-c7ccc8ccccc8c7)ccc6c5)cc4)c4ccc(c1)c2c34.CCC. The Hall–Kier alpha value is -5.46. The molecule has 0 atom stereocenters. The lowest BCUT2D eigenvalue weighted by Gasteiger charge is -2.22. The molecule has 0 saturated heterocycles. The molecule has 0 nitrogen and oxygen atoms in total. The van der Waals surface area contributed by atoms with Gasteiger partial charge < -0.3 is 0 Å². The molecule has 0 bridgehead atoms. The van der Waals surface area contributed by atoms with Crippen LogP contribution in [0.4, 0.5) is 0 Å². The molecule has 0 aromatic heterocycles. The van der Waals surface area contributed by atoms with Crippen LogP contribution in [0.5, 0.6) is 0 Å². The van der Waals surface area contributed by atoms with E-state index in [1.54, 1.807) is 0 Å². The van der Waals surface area contributed by atoms with Gasteiger partial charge in [-0.1, -0.05) is 188 Å². The molecule has 0 saturated carbocycles. The van der Waals surface area contributed by atoms with Crippen molar-refractivity contribution in [1.29, 1.82) is 0 Å². The molecule has 0 heteroatoms. The second-order valence-electron chi connectivity index (χ2n) is 14.6. The highest BCUT2D eigenvalue weighted by Crippen LogP contribution is 2.41. The number of hydrogen-bond donors (Lipinski definition) is 0. The molecule has 0 heterocycles. The van der Waals surface area contributed by atoms with E-state index in [1.165, 1.54) is 99.2 Å². The summed E-state index contributed by atoms with van der Waals surface area (Å²) in [6, 6.07) is 56.6. The summed E-state index contributed by atoms with van der Waals surface area (Å²) in [5, 5.41) is 13.1. The molecule has 0 amide bonds. The van der Waals surface area contributed by atoms with Crippen molar-refractivity contribution in [3.05, 3.63) is 157 Å². The molecule has 0 fully saturated rings. The monoisotopic (exact) mass is 660 g/mol. The minimum absolute atomic E-state index is 0.114. The van der Waals surface area contributed by atoms with Crippen molar-refractivity contribution in [3.8, 4) is 33.4 Å². The van der Waals surface area contributed by atoms with E-state index in [0.29, 0.717) is 0 Å². The Bertz CT molecular complexity index is 2590. The average molecular weight is 661 g/mol. The molecule has 51 heavy (non-hydrogen) atoms. The maximum atomic E-state index is 2.39. The molecule has 9 aromatic carbocycles.